The van der Waals surface area contributed by atoms with Gasteiger partial charge in [0.15, 0.2) is 0 Å². The van der Waals surface area contributed by atoms with Crippen LogP contribution in [0, 0.1) is 0 Å². The minimum atomic E-state index is -0.263. The van der Waals surface area contributed by atoms with E-state index in [-0.39, 0.29) is 5.91 Å². The van der Waals surface area contributed by atoms with Gasteiger partial charge < -0.3 is 20.1 Å². The largest absolute Gasteiger partial charge is 0.336 e. The van der Waals surface area contributed by atoms with Crippen LogP contribution in [0.4, 0.5) is 5.69 Å². The van der Waals surface area contributed by atoms with Crippen LogP contribution >= 0.6 is 11.6 Å². The van der Waals surface area contributed by atoms with Gasteiger partial charge in [-0.3, -0.25) is 9.59 Å². The van der Waals surface area contributed by atoms with E-state index in [0.717, 1.165) is 19.4 Å². The first-order valence-electron chi connectivity index (χ1n) is 9.16. The summed E-state index contributed by atoms with van der Waals surface area (Å²) in [6.45, 7) is 4.67. The van der Waals surface area contributed by atoms with Gasteiger partial charge in [0.05, 0.1) is 23.5 Å². The molecule has 0 saturated carbocycles. The molecule has 150 valence electrons. The van der Waals surface area contributed by atoms with Crippen LogP contribution in [0.25, 0.3) is 0 Å². The van der Waals surface area contributed by atoms with Crippen LogP contribution < -0.4 is 10.6 Å². The molecule has 8 heteroatoms. The minimum Gasteiger partial charge on any atom is -0.336 e. The van der Waals surface area contributed by atoms with Crippen molar-refractivity contribution in [1.82, 2.24) is 19.8 Å². The third kappa shape index (κ3) is 5.94. The quantitative estimate of drug-likeness (QED) is 0.441. The summed E-state index contributed by atoms with van der Waals surface area (Å²) in [5, 5.41) is 6.31. The molecule has 0 fully saturated rings. The van der Waals surface area contributed by atoms with Crippen molar-refractivity contribution >= 4 is 29.6 Å². The van der Waals surface area contributed by atoms with Gasteiger partial charge in [0.25, 0.3) is 5.91 Å². The number of fused-ring (bicyclic) bond motifs is 1. The number of aromatic nitrogens is 2. The lowest BCUT2D eigenvalue weighted by Crippen LogP contribution is -2.34. The molecule has 0 atom stereocenters. The number of benzene rings is 1. The normalized spacial score (nSPS) is 12.9. The second-order valence-electron chi connectivity index (χ2n) is 6.18. The monoisotopic (exact) mass is 403 g/mol. The van der Waals surface area contributed by atoms with Gasteiger partial charge in [-0.05, 0) is 39.1 Å². The molecule has 7 nitrogen and oxygen atoms in total. The minimum absolute atomic E-state index is 0.263. The van der Waals surface area contributed by atoms with Gasteiger partial charge in [0.1, 0.15) is 11.5 Å². The maximum absolute atomic E-state index is 12.3. The highest BCUT2D eigenvalue weighted by molar-refractivity contribution is 6.33. The molecule has 1 aliphatic heterocycles. The fraction of sp³-hybridized carbons (Fsp3) is 0.350. The van der Waals surface area contributed by atoms with Crippen molar-refractivity contribution in [1.29, 1.82) is 0 Å². The van der Waals surface area contributed by atoms with Crippen molar-refractivity contribution in [2.45, 2.75) is 26.4 Å². The number of rotatable bonds is 6. The van der Waals surface area contributed by atoms with Crippen molar-refractivity contribution in [3.63, 3.8) is 0 Å². The second kappa shape index (κ2) is 11.3. The summed E-state index contributed by atoms with van der Waals surface area (Å²) >= 11 is 6.03. The van der Waals surface area contributed by atoms with E-state index in [1.807, 2.05) is 18.5 Å². The van der Waals surface area contributed by atoms with E-state index in [4.69, 9.17) is 11.6 Å². The Morgan fingerprint density at radius 1 is 1.32 bits per heavy atom. The molecule has 28 heavy (non-hydrogen) atoms. The van der Waals surface area contributed by atoms with Crippen LogP contribution in [0.15, 0.2) is 42.6 Å². The van der Waals surface area contributed by atoms with E-state index in [2.05, 4.69) is 27.8 Å². The fourth-order valence-corrected chi connectivity index (χ4v) is 2.88. The molecule has 2 aromatic rings. The predicted molar refractivity (Wildman–Crippen MR) is 111 cm³/mol. The van der Waals surface area contributed by atoms with Crippen LogP contribution in [0.2, 0.25) is 5.02 Å². The van der Waals surface area contributed by atoms with Crippen molar-refractivity contribution in [2.24, 2.45) is 0 Å². The maximum Gasteiger partial charge on any atom is 0.273 e. The van der Waals surface area contributed by atoms with Crippen LogP contribution in [0.5, 0.6) is 0 Å². The molecule has 0 spiro atoms. The molecule has 1 aromatic carbocycles. The van der Waals surface area contributed by atoms with Gasteiger partial charge >= 0.3 is 0 Å². The van der Waals surface area contributed by atoms with E-state index >= 15 is 0 Å². The van der Waals surface area contributed by atoms with Crippen LogP contribution in [-0.4, -0.2) is 46.9 Å². The average Bonchev–Trinajstić information content (AvgIpc) is 3.14. The highest BCUT2D eigenvalue weighted by Crippen LogP contribution is 2.22. The summed E-state index contributed by atoms with van der Waals surface area (Å²) in [5.41, 5.74) is 1.03. The maximum atomic E-state index is 12.3. The molecule has 0 saturated heterocycles. The molecule has 1 aromatic heterocycles. The summed E-state index contributed by atoms with van der Waals surface area (Å²) in [6.07, 6.45) is 7.68. The molecule has 1 aliphatic rings. The number of allylic oxidation sites excluding steroid dienone is 1. The number of halogens is 1. The summed E-state index contributed by atoms with van der Waals surface area (Å²) in [6, 6.07) is 7.05. The number of carbonyl (C=O) groups excluding carboxylic acids is 2. The highest BCUT2D eigenvalue weighted by Gasteiger charge is 2.22. The number of nitrogens with one attached hydrogen (secondary N) is 2. The predicted octanol–water partition coefficient (Wildman–Crippen LogP) is 2.93. The van der Waals surface area contributed by atoms with Crippen molar-refractivity contribution in [3.8, 4) is 0 Å². The van der Waals surface area contributed by atoms with Crippen LogP contribution in [0.3, 0.4) is 0 Å². The van der Waals surface area contributed by atoms with Crippen molar-refractivity contribution < 1.29 is 9.59 Å². The Morgan fingerprint density at radius 3 is 2.79 bits per heavy atom. The SMILES string of the molecule is C/C=C/CCNC.O=CN1CCn2c(C(=O)Nc3ccccc3Cl)cnc2C1. The van der Waals surface area contributed by atoms with Crippen LogP contribution in [0.1, 0.15) is 29.7 Å². The number of imidazole rings is 1. The summed E-state index contributed by atoms with van der Waals surface area (Å²) in [5.74, 6) is 0.444. The number of anilines is 1. The Hall–Kier alpha value is -2.64. The molecule has 3 rings (SSSR count). The smallest absolute Gasteiger partial charge is 0.273 e. The zero-order valence-corrected chi connectivity index (χ0v) is 16.9. The van der Waals surface area contributed by atoms with Crippen LogP contribution in [-0.2, 0) is 17.9 Å². The molecule has 0 unspecified atom stereocenters. The molecule has 2 N–H and O–H groups in total. The molecule has 0 radical (unpaired) electrons. The molecular weight excluding hydrogens is 378 g/mol. The number of carbonyl (C=O) groups is 2. The molecule has 2 amide bonds. The summed E-state index contributed by atoms with van der Waals surface area (Å²) < 4.78 is 1.83. The number of amides is 2. The third-order valence-electron chi connectivity index (χ3n) is 4.19. The average molecular weight is 404 g/mol. The number of para-hydroxylation sites is 1. The lowest BCUT2D eigenvalue weighted by Gasteiger charge is -2.24. The Kier molecular flexibility index (Phi) is 8.71. The standard InChI is InChI=1S/C14H13ClN4O2.C6H13N/c15-10-3-1-2-4-11(10)17-14(21)12-7-16-13-8-18(9-20)5-6-19(12)13;1-3-4-5-6-7-2/h1-4,7,9H,5-6,8H2,(H,17,21);3-4,7H,5-6H2,1-2H3/b;4-3+. The van der Waals surface area contributed by atoms with Gasteiger partial charge in [0, 0.05) is 13.1 Å². The second-order valence-corrected chi connectivity index (χ2v) is 6.59. The lowest BCUT2D eigenvalue weighted by molar-refractivity contribution is -0.119. The van der Waals surface area contributed by atoms with E-state index in [1.165, 1.54) is 6.20 Å². The zero-order chi connectivity index (χ0) is 20.4. The first-order chi connectivity index (χ1) is 13.6. The van der Waals surface area contributed by atoms with Crippen molar-refractivity contribution in [2.75, 3.05) is 25.5 Å². The van der Waals surface area contributed by atoms with E-state index in [0.29, 0.717) is 41.9 Å². The van der Waals surface area contributed by atoms with E-state index in [1.54, 1.807) is 29.2 Å². The van der Waals surface area contributed by atoms with Crippen molar-refractivity contribution in [3.05, 3.63) is 59.2 Å². The van der Waals surface area contributed by atoms with Gasteiger partial charge in [-0.2, -0.15) is 0 Å². The van der Waals surface area contributed by atoms with Gasteiger partial charge in [-0.25, -0.2) is 4.98 Å². The third-order valence-corrected chi connectivity index (χ3v) is 4.52. The van der Waals surface area contributed by atoms with E-state index < -0.39 is 0 Å². The zero-order valence-electron chi connectivity index (χ0n) is 16.2. The first-order valence-corrected chi connectivity index (χ1v) is 9.53. The Morgan fingerprint density at radius 2 is 2.11 bits per heavy atom. The van der Waals surface area contributed by atoms with Gasteiger partial charge in [0.2, 0.25) is 6.41 Å². The molecule has 0 aliphatic carbocycles. The van der Waals surface area contributed by atoms with E-state index in [9.17, 15) is 9.59 Å². The molecule has 0 bridgehead atoms. The molecule has 2 heterocycles. The number of nitrogens with zero attached hydrogens (tertiary/aromatic N) is 3. The van der Waals surface area contributed by atoms with Gasteiger partial charge in [-0.15, -0.1) is 0 Å². The fourth-order valence-electron chi connectivity index (χ4n) is 2.69. The Balaban J connectivity index is 0.000000345. The summed E-state index contributed by atoms with van der Waals surface area (Å²) in [4.78, 5) is 29.0. The Labute approximate surface area is 170 Å². The number of hydrogen-bond donors (Lipinski definition) is 2. The number of hydrogen-bond acceptors (Lipinski definition) is 4. The highest BCUT2D eigenvalue weighted by atomic mass is 35.5. The molecular formula is C20H26ClN5O2. The van der Waals surface area contributed by atoms with Gasteiger partial charge in [-0.1, -0.05) is 35.9 Å². The summed E-state index contributed by atoms with van der Waals surface area (Å²) in [7, 11) is 1.96. The Bertz CT molecular complexity index is 819. The lowest BCUT2D eigenvalue weighted by atomic mass is 10.3. The topological polar surface area (TPSA) is 79.3 Å². The first kappa shape index (κ1) is 21.7.